The Bertz CT molecular complexity index is 562. The van der Waals surface area contributed by atoms with Crippen molar-refractivity contribution < 1.29 is 19.0 Å². The van der Waals surface area contributed by atoms with E-state index in [1.807, 2.05) is 37.3 Å². The van der Waals surface area contributed by atoms with E-state index in [9.17, 15) is 4.79 Å². The lowest BCUT2D eigenvalue weighted by atomic mass is 10.2. The second-order valence-corrected chi connectivity index (χ2v) is 3.99. The zero-order chi connectivity index (χ0) is 13.8. The van der Waals surface area contributed by atoms with Gasteiger partial charge < -0.3 is 14.2 Å². The molecule has 0 spiro atoms. The molecule has 0 amide bonds. The molecule has 0 bridgehead atoms. The largest absolute Gasteiger partial charge is 0.513 e. The predicted octanol–water partition coefficient (Wildman–Crippen LogP) is 3.51. The van der Waals surface area contributed by atoms with E-state index in [0.717, 1.165) is 22.4 Å². The van der Waals surface area contributed by atoms with E-state index in [2.05, 4.69) is 4.74 Å². The van der Waals surface area contributed by atoms with Crippen LogP contribution in [-0.4, -0.2) is 20.4 Å². The summed E-state index contributed by atoms with van der Waals surface area (Å²) in [7, 11) is 2.90. The van der Waals surface area contributed by atoms with Crippen molar-refractivity contribution in [1.82, 2.24) is 0 Å². The van der Waals surface area contributed by atoms with Crippen LogP contribution in [0.2, 0.25) is 0 Å². The van der Waals surface area contributed by atoms with Crippen molar-refractivity contribution in [2.75, 3.05) is 14.2 Å². The normalized spacial score (nSPS) is 10.3. The predicted molar refractivity (Wildman–Crippen MR) is 72.0 cm³/mol. The smallest absolute Gasteiger partial charge is 0.496 e. The van der Waals surface area contributed by atoms with Crippen LogP contribution in [-0.2, 0) is 11.2 Å². The summed E-state index contributed by atoms with van der Waals surface area (Å²) >= 11 is 0. The van der Waals surface area contributed by atoms with Crippen molar-refractivity contribution in [2.45, 2.75) is 13.3 Å². The van der Waals surface area contributed by atoms with Gasteiger partial charge in [0.05, 0.1) is 14.2 Å². The van der Waals surface area contributed by atoms with E-state index in [1.165, 1.54) is 7.11 Å². The maximum Gasteiger partial charge on any atom is 0.513 e. The van der Waals surface area contributed by atoms with Crippen LogP contribution in [0.4, 0.5) is 4.79 Å². The Morgan fingerprint density at radius 1 is 1.05 bits per heavy atom. The van der Waals surface area contributed by atoms with Gasteiger partial charge in [0.2, 0.25) is 0 Å². The van der Waals surface area contributed by atoms with Gasteiger partial charge in [-0.1, -0.05) is 37.3 Å². The Morgan fingerprint density at radius 3 is 2.21 bits per heavy atom. The van der Waals surface area contributed by atoms with E-state index in [0.29, 0.717) is 12.2 Å². The Hall–Kier alpha value is -2.23. The van der Waals surface area contributed by atoms with Crippen LogP contribution in [0.1, 0.15) is 12.5 Å². The Kier molecular flexibility index (Phi) is 3.90. The van der Waals surface area contributed by atoms with Gasteiger partial charge in [0.15, 0.2) is 0 Å². The first-order valence-corrected chi connectivity index (χ1v) is 6.06. The van der Waals surface area contributed by atoms with E-state index in [4.69, 9.17) is 9.47 Å². The Balaban J connectivity index is 2.65. The zero-order valence-corrected chi connectivity index (χ0v) is 11.2. The third kappa shape index (κ3) is 2.34. The number of hydrogen-bond donors (Lipinski definition) is 0. The fraction of sp³-hybridized carbons (Fsp3) is 0.267. The number of rotatable bonds is 3. The molecule has 4 heteroatoms. The van der Waals surface area contributed by atoms with Crippen molar-refractivity contribution in [3.05, 3.63) is 35.9 Å². The molecule has 0 fully saturated rings. The summed E-state index contributed by atoms with van der Waals surface area (Å²) < 4.78 is 15.3. The third-order valence-electron chi connectivity index (χ3n) is 2.99. The molecule has 2 aliphatic carbocycles. The van der Waals surface area contributed by atoms with E-state index < -0.39 is 6.16 Å². The first-order chi connectivity index (χ1) is 9.22. The summed E-state index contributed by atoms with van der Waals surface area (Å²) in [6.07, 6.45) is -0.0239. The lowest BCUT2D eigenvalue weighted by Crippen LogP contribution is -2.08. The Morgan fingerprint density at radius 2 is 1.68 bits per heavy atom. The number of hydrogen-bond acceptors (Lipinski definition) is 4. The lowest BCUT2D eigenvalue weighted by Gasteiger charge is -2.05. The molecular formula is C15H16O4. The van der Waals surface area contributed by atoms with Crippen LogP contribution in [0.25, 0.3) is 11.1 Å². The minimum atomic E-state index is -0.726. The van der Waals surface area contributed by atoms with Gasteiger partial charge in [-0.25, -0.2) is 4.79 Å². The molecule has 0 aromatic carbocycles. The monoisotopic (exact) mass is 260 g/mol. The summed E-state index contributed by atoms with van der Waals surface area (Å²) in [5.74, 6) is 1.25. The van der Waals surface area contributed by atoms with Crippen LogP contribution in [0.3, 0.4) is 0 Å². The van der Waals surface area contributed by atoms with Gasteiger partial charge >= 0.3 is 6.16 Å². The van der Waals surface area contributed by atoms with Gasteiger partial charge in [0, 0.05) is 16.7 Å². The highest BCUT2D eigenvalue weighted by molar-refractivity contribution is 5.86. The maximum absolute atomic E-state index is 11.4. The minimum Gasteiger partial charge on any atom is -0.496 e. The molecule has 0 aromatic heterocycles. The molecule has 4 nitrogen and oxygen atoms in total. The van der Waals surface area contributed by atoms with E-state index in [1.54, 1.807) is 7.11 Å². The first-order valence-electron chi connectivity index (χ1n) is 6.06. The van der Waals surface area contributed by atoms with Gasteiger partial charge in [-0.2, -0.15) is 0 Å². The molecular weight excluding hydrogens is 244 g/mol. The molecule has 0 N–H and O–H groups in total. The molecule has 0 heterocycles. The highest BCUT2D eigenvalue weighted by atomic mass is 16.7. The van der Waals surface area contributed by atoms with Crippen LogP contribution < -0.4 is 9.47 Å². The molecule has 0 atom stereocenters. The molecule has 2 aliphatic rings. The zero-order valence-electron chi connectivity index (χ0n) is 11.2. The molecule has 0 aromatic rings. The van der Waals surface area contributed by atoms with Gasteiger partial charge in [-0.05, 0) is 6.42 Å². The summed E-state index contributed by atoms with van der Waals surface area (Å²) in [6, 6.07) is 9.57. The summed E-state index contributed by atoms with van der Waals surface area (Å²) in [6.45, 7) is 1.99. The topological polar surface area (TPSA) is 44.8 Å². The van der Waals surface area contributed by atoms with Gasteiger partial charge in [-0.3, -0.25) is 0 Å². The van der Waals surface area contributed by atoms with Crippen LogP contribution in [0.5, 0.6) is 11.5 Å². The van der Waals surface area contributed by atoms with E-state index in [-0.39, 0.29) is 0 Å². The van der Waals surface area contributed by atoms with Crippen molar-refractivity contribution in [3.8, 4) is 22.6 Å². The van der Waals surface area contributed by atoms with E-state index >= 15 is 0 Å². The average molecular weight is 260 g/mol. The number of fused-ring (bicyclic) bond motifs is 1. The average Bonchev–Trinajstić information content (AvgIpc) is 2.59. The standard InChI is InChI=1S/C15H16O4/c1-4-10-13(17-2)11-8-6-5-7-9-12(11)14(10)19-15(16)18-3/h5-9H,4H2,1-3H3. The minimum absolute atomic E-state index is 0.511. The van der Waals surface area contributed by atoms with Gasteiger partial charge in [0.1, 0.15) is 11.5 Å². The number of carbonyl (C=O) groups is 1. The Labute approximate surface area is 112 Å². The number of carbonyl (C=O) groups excluding carboxylic acids is 1. The maximum atomic E-state index is 11.4. The van der Waals surface area contributed by atoms with Gasteiger partial charge in [0.25, 0.3) is 0 Å². The molecule has 100 valence electrons. The number of methoxy groups -OCH3 is 2. The molecule has 0 saturated carbocycles. The second-order valence-electron chi connectivity index (χ2n) is 3.99. The van der Waals surface area contributed by atoms with Crippen molar-refractivity contribution in [2.24, 2.45) is 0 Å². The van der Waals surface area contributed by atoms with Crippen molar-refractivity contribution >= 4 is 6.16 Å². The second kappa shape index (κ2) is 5.61. The summed E-state index contributed by atoms with van der Waals surface area (Å²) in [4.78, 5) is 11.4. The van der Waals surface area contributed by atoms with Crippen molar-refractivity contribution in [3.63, 3.8) is 0 Å². The lowest BCUT2D eigenvalue weighted by molar-refractivity contribution is 0.121. The fourth-order valence-electron chi connectivity index (χ4n) is 2.17. The van der Waals surface area contributed by atoms with Gasteiger partial charge in [-0.15, -0.1) is 0 Å². The van der Waals surface area contributed by atoms with Crippen LogP contribution in [0.15, 0.2) is 30.3 Å². The summed E-state index contributed by atoms with van der Waals surface area (Å²) in [5, 5.41) is 0. The quantitative estimate of drug-likeness (QED) is 0.792. The third-order valence-corrected chi connectivity index (χ3v) is 2.99. The summed E-state index contributed by atoms with van der Waals surface area (Å²) in [5.41, 5.74) is 2.63. The van der Waals surface area contributed by atoms with Crippen molar-refractivity contribution in [1.29, 1.82) is 0 Å². The molecule has 0 saturated heterocycles. The molecule has 2 rings (SSSR count). The molecule has 0 aliphatic heterocycles. The highest BCUT2D eigenvalue weighted by Gasteiger charge is 2.25. The molecule has 0 unspecified atom stereocenters. The first kappa shape index (κ1) is 13.2. The number of ether oxygens (including phenoxy) is 3. The highest BCUT2D eigenvalue weighted by Crippen LogP contribution is 2.47. The SMILES string of the molecule is CCc1c(OC)c2cccccc-2c1OC(=O)OC. The molecule has 19 heavy (non-hydrogen) atoms. The van der Waals surface area contributed by atoms with Crippen LogP contribution >= 0.6 is 0 Å². The van der Waals surface area contributed by atoms with Crippen LogP contribution in [0, 0.1) is 0 Å². The fourth-order valence-corrected chi connectivity index (χ4v) is 2.17. The molecule has 0 radical (unpaired) electrons.